The van der Waals surface area contributed by atoms with Gasteiger partial charge in [-0.1, -0.05) is 23.7 Å². The zero-order valence-electron chi connectivity index (χ0n) is 21.5. The van der Waals surface area contributed by atoms with Crippen molar-refractivity contribution >= 4 is 40.7 Å². The number of esters is 1. The highest BCUT2D eigenvalue weighted by molar-refractivity contribution is 6.33. The summed E-state index contributed by atoms with van der Waals surface area (Å²) in [6, 6.07) is 11.1. The van der Waals surface area contributed by atoms with Crippen molar-refractivity contribution in [3.05, 3.63) is 64.3 Å². The van der Waals surface area contributed by atoms with Crippen LogP contribution in [0.1, 0.15) is 21.5 Å². The first kappa shape index (κ1) is 27.6. The van der Waals surface area contributed by atoms with Crippen molar-refractivity contribution in [3.8, 4) is 5.75 Å². The fourth-order valence-electron chi connectivity index (χ4n) is 4.26. The smallest absolute Gasteiger partial charge is 0.340 e. The molecule has 0 atom stereocenters. The van der Waals surface area contributed by atoms with Crippen LogP contribution < -0.4 is 15.4 Å². The lowest BCUT2D eigenvalue weighted by molar-refractivity contribution is 0.0389. The second-order valence-electron chi connectivity index (χ2n) is 8.70. The molecule has 0 bridgehead atoms. The van der Waals surface area contributed by atoms with Crippen LogP contribution in [0.3, 0.4) is 0 Å². The monoisotopic (exact) mass is 541 g/mol. The van der Waals surface area contributed by atoms with E-state index in [-0.39, 0.29) is 18.2 Å². The van der Waals surface area contributed by atoms with Crippen LogP contribution in [0, 0.1) is 0 Å². The number of aliphatic hydroxyl groups excluding tert-OH is 1. The van der Waals surface area contributed by atoms with Gasteiger partial charge in [-0.2, -0.15) is 4.98 Å². The molecule has 0 aliphatic carbocycles. The normalized spacial score (nSPS) is 13.4. The van der Waals surface area contributed by atoms with Crippen molar-refractivity contribution in [3.63, 3.8) is 0 Å². The van der Waals surface area contributed by atoms with Crippen molar-refractivity contribution in [2.24, 2.45) is 0 Å². The van der Waals surface area contributed by atoms with Crippen LogP contribution in [0.25, 0.3) is 0 Å². The minimum atomic E-state index is -0.485. The number of β-amino-alcohol motifs (C(OH)–C–C–N with tert-alkyl or cyclic N) is 1. The summed E-state index contributed by atoms with van der Waals surface area (Å²) >= 11 is 6.40. The van der Waals surface area contributed by atoms with Crippen molar-refractivity contribution in [1.29, 1.82) is 0 Å². The molecule has 0 radical (unpaired) electrons. The van der Waals surface area contributed by atoms with Gasteiger partial charge in [-0.3, -0.25) is 0 Å². The highest BCUT2D eigenvalue weighted by Gasteiger charge is 2.19. The number of fused-ring (bicyclic) bond motifs is 1. The summed E-state index contributed by atoms with van der Waals surface area (Å²) < 4.78 is 15.9. The maximum absolute atomic E-state index is 12.6. The number of halogens is 1. The van der Waals surface area contributed by atoms with Gasteiger partial charge < -0.3 is 34.9 Å². The Morgan fingerprint density at radius 3 is 2.58 bits per heavy atom. The van der Waals surface area contributed by atoms with Crippen molar-refractivity contribution in [2.75, 3.05) is 64.3 Å². The van der Waals surface area contributed by atoms with Gasteiger partial charge in [-0.05, 0) is 48.2 Å². The first-order valence-corrected chi connectivity index (χ1v) is 12.7. The van der Waals surface area contributed by atoms with Gasteiger partial charge in [0.15, 0.2) is 5.82 Å². The van der Waals surface area contributed by atoms with Crippen LogP contribution in [0.15, 0.2) is 42.6 Å². The molecule has 0 unspecified atom stereocenters. The molecule has 0 saturated carbocycles. The number of benzene rings is 2. The predicted molar refractivity (Wildman–Crippen MR) is 146 cm³/mol. The summed E-state index contributed by atoms with van der Waals surface area (Å²) in [4.78, 5) is 23.7. The molecule has 202 valence electrons. The van der Waals surface area contributed by atoms with E-state index in [0.29, 0.717) is 41.9 Å². The van der Waals surface area contributed by atoms with Gasteiger partial charge in [0, 0.05) is 26.7 Å². The van der Waals surface area contributed by atoms with E-state index in [4.69, 9.17) is 25.8 Å². The standard InChI is InChI=1S/C27H32ClN5O5/c1-36-13-14-38-26(35)20-5-3-4-6-22(20)30-25-21(28)17-29-27(32-25)31-23-15-18-7-9-33(11-12-34)10-8-19(18)16-24(23)37-2/h3-6,15-17,34H,7-14H2,1-2H3,(H2,29,30,31,32). The van der Waals surface area contributed by atoms with Crippen LogP contribution in [-0.4, -0.2) is 79.6 Å². The molecule has 1 aromatic heterocycles. The maximum atomic E-state index is 12.6. The molecule has 3 aromatic rings. The molecule has 2 heterocycles. The molecule has 1 aliphatic rings. The third-order valence-corrected chi connectivity index (χ3v) is 6.52. The van der Waals surface area contributed by atoms with Crippen LogP contribution in [0.2, 0.25) is 5.02 Å². The number of ether oxygens (including phenoxy) is 3. The fraction of sp³-hybridized carbons (Fsp3) is 0.370. The summed E-state index contributed by atoms with van der Waals surface area (Å²) in [7, 11) is 3.17. The van der Waals surface area contributed by atoms with E-state index in [0.717, 1.165) is 31.6 Å². The number of aromatic nitrogens is 2. The van der Waals surface area contributed by atoms with E-state index >= 15 is 0 Å². The first-order valence-electron chi connectivity index (χ1n) is 12.4. The van der Waals surface area contributed by atoms with Gasteiger partial charge in [-0.15, -0.1) is 0 Å². The molecule has 1 aliphatic heterocycles. The number of nitrogens with zero attached hydrogens (tertiary/aromatic N) is 3. The second-order valence-corrected chi connectivity index (χ2v) is 9.11. The third kappa shape index (κ3) is 6.90. The minimum Gasteiger partial charge on any atom is -0.495 e. The average Bonchev–Trinajstić information content (AvgIpc) is 3.12. The zero-order chi connectivity index (χ0) is 26.9. The summed E-state index contributed by atoms with van der Waals surface area (Å²) in [5.41, 5.74) is 4.01. The number of hydrogen-bond donors (Lipinski definition) is 3. The molecule has 0 amide bonds. The average molecular weight is 542 g/mol. The summed E-state index contributed by atoms with van der Waals surface area (Å²) in [5, 5.41) is 16.0. The summed E-state index contributed by atoms with van der Waals surface area (Å²) in [6.45, 7) is 3.03. The lowest BCUT2D eigenvalue weighted by atomic mass is 10.0. The van der Waals surface area contributed by atoms with Gasteiger partial charge >= 0.3 is 5.97 Å². The number of methoxy groups -OCH3 is 2. The Labute approximate surface area is 226 Å². The number of carbonyl (C=O) groups excluding carboxylic acids is 1. The molecule has 11 heteroatoms. The highest BCUT2D eigenvalue weighted by Crippen LogP contribution is 2.33. The van der Waals surface area contributed by atoms with Crippen LogP contribution >= 0.6 is 11.6 Å². The number of nitrogens with one attached hydrogen (secondary N) is 2. The topological polar surface area (TPSA) is 118 Å². The van der Waals surface area contributed by atoms with Crippen molar-refractivity contribution in [2.45, 2.75) is 12.8 Å². The van der Waals surface area contributed by atoms with Gasteiger partial charge in [-0.25, -0.2) is 9.78 Å². The Kier molecular flexibility index (Phi) is 9.72. The molecule has 2 aromatic carbocycles. The van der Waals surface area contributed by atoms with E-state index in [1.807, 2.05) is 6.07 Å². The maximum Gasteiger partial charge on any atom is 0.340 e. The fourth-order valence-corrected chi connectivity index (χ4v) is 4.40. The Morgan fingerprint density at radius 2 is 1.84 bits per heavy atom. The molecule has 0 fully saturated rings. The largest absolute Gasteiger partial charge is 0.495 e. The Morgan fingerprint density at radius 1 is 1.08 bits per heavy atom. The van der Waals surface area contributed by atoms with Crippen LogP contribution in [0.5, 0.6) is 5.75 Å². The molecule has 0 spiro atoms. The van der Waals surface area contributed by atoms with Gasteiger partial charge in [0.2, 0.25) is 5.95 Å². The summed E-state index contributed by atoms with van der Waals surface area (Å²) in [5.74, 6) is 0.832. The van der Waals surface area contributed by atoms with E-state index in [1.165, 1.54) is 17.3 Å². The van der Waals surface area contributed by atoms with Crippen LogP contribution in [0.4, 0.5) is 23.1 Å². The molecule has 0 saturated heterocycles. The lowest BCUT2D eigenvalue weighted by Gasteiger charge is -2.17. The molecular weight excluding hydrogens is 510 g/mol. The number of anilines is 4. The number of rotatable bonds is 11. The first-order chi connectivity index (χ1) is 18.5. The SMILES string of the molecule is COCCOC(=O)c1ccccc1Nc1nc(Nc2cc3c(cc2OC)CCN(CCO)CC3)ncc1Cl. The quantitative estimate of drug-likeness (QED) is 0.244. The Bertz CT molecular complexity index is 1260. The van der Waals surface area contributed by atoms with E-state index in [1.54, 1.807) is 38.5 Å². The number of aliphatic hydroxyl groups is 1. The predicted octanol–water partition coefficient (Wildman–Crippen LogP) is 3.82. The van der Waals surface area contributed by atoms with E-state index in [9.17, 15) is 9.90 Å². The lowest BCUT2D eigenvalue weighted by Crippen LogP contribution is -2.29. The van der Waals surface area contributed by atoms with E-state index in [2.05, 4.69) is 31.6 Å². The van der Waals surface area contributed by atoms with E-state index < -0.39 is 5.97 Å². The number of hydrogen-bond acceptors (Lipinski definition) is 10. The number of para-hydroxylation sites is 1. The van der Waals surface area contributed by atoms with Gasteiger partial charge in [0.25, 0.3) is 0 Å². The van der Waals surface area contributed by atoms with Crippen molar-refractivity contribution in [1.82, 2.24) is 14.9 Å². The van der Waals surface area contributed by atoms with Crippen molar-refractivity contribution < 1.29 is 24.1 Å². The zero-order valence-corrected chi connectivity index (χ0v) is 22.3. The van der Waals surface area contributed by atoms with Gasteiger partial charge in [0.1, 0.15) is 17.4 Å². The number of carbonyl (C=O) groups is 1. The molecule has 3 N–H and O–H groups in total. The molecule has 38 heavy (non-hydrogen) atoms. The Hall–Kier alpha value is -3.44. The van der Waals surface area contributed by atoms with Crippen LogP contribution in [-0.2, 0) is 22.3 Å². The molecule has 4 rings (SSSR count). The summed E-state index contributed by atoms with van der Waals surface area (Å²) in [6.07, 6.45) is 3.23. The minimum absolute atomic E-state index is 0.147. The molecule has 10 nitrogen and oxygen atoms in total. The second kappa shape index (κ2) is 13.4. The van der Waals surface area contributed by atoms with Gasteiger partial charge in [0.05, 0.1) is 43.5 Å². The third-order valence-electron chi connectivity index (χ3n) is 6.24. The highest BCUT2D eigenvalue weighted by atomic mass is 35.5. The Balaban J connectivity index is 1.55. The molecular formula is C27H32ClN5O5.